The smallest absolute Gasteiger partial charge is 0.100 e. The van der Waals surface area contributed by atoms with Gasteiger partial charge < -0.3 is 0 Å². The van der Waals surface area contributed by atoms with Crippen molar-refractivity contribution in [2.24, 2.45) is 0 Å². The van der Waals surface area contributed by atoms with Crippen molar-refractivity contribution in [2.45, 2.75) is 0 Å². The molecule has 4 aromatic rings. The van der Waals surface area contributed by atoms with Crippen LogP contribution >= 0.6 is 60.8 Å². The van der Waals surface area contributed by atoms with E-state index in [4.69, 9.17) is 0 Å². The lowest BCUT2D eigenvalue weighted by Gasteiger charge is -2.33. The van der Waals surface area contributed by atoms with Crippen LogP contribution in [0.3, 0.4) is 0 Å². The lowest BCUT2D eigenvalue weighted by molar-refractivity contribution is 1.41. The molecular formula is C46H28N4P2S4. The van der Waals surface area contributed by atoms with Crippen LogP contribution in [0.5, 0.6) is 0 Å². The zero-order valence-electron chi connectivity index (χ0n) is 29.5. The molecule has 0 saturated heterocycles. The Labute approximate surface area is 344 Å². The van der Waals surface area contributed by atoms with E-state index in [1.807, 2.05) is 167 Å². The van der Waals surface area contributed by atoms with Crippen molar-refractivity contribution in [2.75, 3.05) is 0 Å². The molecule has 56 heavy (non-hydrogen) atoms. The number of allylic oxidation sites excluding steroid dienone is 10. The molecule has 4 aliphatic heterocycles. The van der Waals surface area contributed by atoms with Crippen LogP contribution in [0, 0.1) is 45.3 Å². The van der Waals surface area contributed by atoms with Gasteiger partial charge in [0.2, 0.25) is 0 Å². The Bertz CT molecular complexity index is 2530. The third-order valence-corrected chi connectivity index (χ3v) is 22.1. The Balaban J connectivity index is 1.46. The Morgan fingerprint density at radius 2 is 0.661 bits per heavy atom. The molecule has 0 unspecified atom stereocenters. The normalized spacial score (nSPS) is 17.7. The third kappa shape index (κ3) is 6.31. The van der Waals surface area contributed by atoms with Gasteiger partial charge in [-0.15, -0.1) is 0 Å². The minimum atomic E-state index is -2.85. The van der Waals surface area contributed by atoms with Crippen molar-refractivity contribution in [3.8, 4) is 24.3 Å². The van der Waals surface area contributed by atoms with Gasteiger partial charge in [0.05, 0.1) is 29.7 Å². The molecule has 4 aromatic carbocycles. The van der Waals surface area contributed by atoms with E-state index in [-0.39, 0.29) is 0 Å². The Morgan fingerprint density at radius 3 is 0.911 bits per heavy atom. The molecule has 4 aliphatic rings. The molecule has 0 bridgehead atoms. The molecular weight excluding hydrogens is 799 g/mol. The highest BCUT2D eigenvalue weighted by Gasteiger charge is 2.39. The van der Waals surface area contributed by atoms with Crippen molar-refractivity contribution >= 4 is 92.6 Å². The quantitative estimate of drug-likeness (QED) is 0.170. The first kappa shape index (κ1) is 37.7. The van der Waals surface area contributed by atoms with Gasteiger partial charge in [-0.1, -0.05) is 168 Å². The molecule has 0 aromatic heterocycles. The monoisotopic (exact) mass is 826 g/mol. The maximum atomic E-state index is 11.1. The van der Waals surface area contributed by atoms with Crippen LogP contribution in [0.2, 0.25) is 0 Å². The van der Waals surface area contributed by atoms with Crippen LogP contribution < -0.4 is 21.2 Å². The largest absolute Gasteiger partial charge is 0.192 e. The first-order valence-corrected chi connectivity index (χ1v) is 24.4. The molecule has 4 heterocycles. The van der Waals surface area contributed by atoms with Gasteiger partial charge in [-0.25, -0.2) is 0 Å². The summed E-state index contributed by atoms with van der Waals surface area (Å²) in [6.45, 7) is -5.70. The summed E-state index contributed by atoms with van der Waals surface area (Å²) in [5.41, 5.74) is 3.17. The Kier molecular flexibility index (Phi) is 11.1. The van der Waals surface area contributed by atoms with E-state index in [2.05, 4.69) is 24.3 Å². The fourth-order valence-electron chi connectivity index (χ4n) is 7.43. The van der Waals surface area contributed by atoms with Crippen LogP contribution in [-0.2, 0) is 0 Å². The highest BCUT2D eigenvalue weighted by atomic mass is 32.2. The molecule has 0 spiro atoms. The molecule has 0 atom stereocenters. The van der Waals surface area contributed by atoms with E-state index >= 15 is 0 Å². The Morgan fingerprint density at radius 1 is 0.375 bits per heavy atom. The topological polar surface area (TPSA) is 95.2 Å². The van der Waals surface area contributed by atoms with Gasteiger partial charge in [0.15, 0.2) is 0 Å². The van der Waals surface area contributed by atoms with Crippen molar-refractivity contribution in [3.63, 3.8) is 0 Å². The highest BCUT2D eigenvalue weighted by Crippen LogP contribution is 2.61. The number of rotatable bonds is 7. The number of thioether (sulfide) groups is 4. The van der Waals surface area contributed by atoms with Crippen LogP contribution in [0.4, 0.5) is 0 Å². The molecule has 0 amide bonds. The molecule has 4 nitrogen and oxygen atoms in total. The van der Waals surface area contributed by atoms with Gasteiger partial charge in [-0.3, -0.25) is 0 Å². The second-order valence-corrected chi connectivity index (χ2v) is 23.4. The van der Waals surface area contributed by atoms with Gasteiger partial charge in [-0.2, -0.15) is 21.0 Å². The van der Waals surface area contributed by atoms with Crippen LogP contribution in [-0.4, -0.2) is 10.6 Å². The molecule has 0 saturated carbocycles. The van der Waals surface area contributed by atoms with Gasteiger partial charge >= 0.3 is 0 Å². The summed E-state index contributed by atoms with van der Waals surface area (Å²) in [4.78, 5) is 0. The van der Waals surface area contributed by atoms with E-state index in [1.54, 1.807) is 47.0 Å². The average molecular weight is 827 g/mol. The summed E-state index contributed by atoms with van der Waals surface area (Å²) in [6.07, 6.45) is 7.92. The fourth-order valence-corrected chi connectivity index (χ4v) is 19.0. The lowest BCUT2D eigenvalue weighted by Crippen LogP contribution is -2.25. The maximum Gasteiger partial charge on any atom is 0.100 e. The van der Waals surface area contributed by atoms with Crippen LogP contribution in [0.25, 0.3) is 0 Å². The zero-order valence-corrected chi connectivity index (χ0v) is 34.5. The SMILES string of the molecule is N#CC1=CC(C(=C2SC=CS2)C(C2=CC(C#N)=P(c3ccccc3)(c3ccccc3)C(C#N)=C2)=C2SC=CS2)=CC(C#N)=P1(c1ccccc1)c1ccccc1. The fraction of sp³-hybridized carbons (Fsp3) is 0. The highest BCUT2D eigenvalue weighted by molar-refractivity contribution is 8.28. The van der Waals surface area contributed by atoms with Crippen molar-refractivity contribution in [1.82, 2.24) is 0 Å². The Hall–Kier alpha value is -5.24. The standard InChI is InChI=1S/C46H28N4P2S4/c47-29-39-25-33(26-40(30-48)51(39,35-13-5-1-6-14-35)36-15-7-2-8-16-36)43(45-53-21-22-54-45)44(46-55-23-24-56-46)34-27-41(31-49)52(42(28-34)32-50,37-17-9-3-10-18-37)38-19-11-4-12-20-38/h1-28H. The average Bonchev–Trinajstić information content (AvgIpc) is 4.02. The minimum absolute atomic E-state index is 0.533. The van der Waals surface area contributed by atoms with E-state index in [0.29, 0.717) is 21.2 Å². The van der Waals surface area contributed by atoms with Gasteiger partial charge in [0.25, 0.3) is 0 Å². The summed E-state index contributed by atoms with van der Waals surface area (Å²) in [6, 6.07) is 50.0. The van der Waals surface area contributed by atoms with E-state index < -0.39 is 13.8 Å². The van der Waals surface area contributed by atoms with Gasteiger partial charge in [0, 0.05) is 24.9 Å². The van der Waals surface area contributed by atoms with Crippen LogP contribution in [0.15, 0.2) is 209 Å². The molecule has 0 radical (unpaired) electrons. The van der Waals surface area contributed by atoms with E-state index in [9.17, 15) is 21.0 Å². The predicted octanol–water partition coefficient (Wildman–Crippen LogP) is 10.7. The number of benzene rings is 4. The summed E-state index contributed by atoms with van der Waals surface area (Å²) in [5.74, 6) is 0. The van der Waals surface area contributed by atoms with Crippen LogP contribution in [0.1, 0.15) is 0 Å². The van der Waals surface area contributed by atoms with Gasteiger partial charge in [0.1, 0.15) is 24.3 Å². The first-order chi connectivity index (χ1) is 27.6. The second kappa shape index (κ2) is 16.5. The number of nitrogens with zero attached hydrogens (tertiary/aromatic N) is 4. The summed E-state index contributed by atoms with van der Waals surface area (Å²) < 4.78 is 1.96. The van der Waals surface area contributed by atoms with E-state index in [1.165, 1.54) is 0 Å². The van der Waals surface area contributed by atoms with Crippen molar-refractivity contribution in [3.05, 3.63) is 209 Å². The molecule has 266 valence electrons. The first-order valence-electron chi connectivity index (χ1n) is 17.3. The number of nitriles is 4. The summed E-state index contributed by atoms with van der Waals surface area (Å²) >= 11 is 6.35. The van der Waals surface area contributed by atoms with Crippen molar-refractivity contribution in [1.29, 1.82) is 21.0 Å². The minimum Gasteiger partial charge on any atom is -0.192 e. The van der Waals surface area contributed by atoms with Gasteiger partial charge in [-0.05, 0) is 78.3 Å². The molecule has 8 rings (SSSR count). The predicted molar refractivity (Wildman–Crippen MR) is 246 cm³/mol. The summed E-state index contributed by atoms with van der Waals surface area (Å²) in [5, 5.41) is 58.5. The number of hydrogen-bond acceptors (Lipinski definition) is 8. The number of hydrogen-bond donors (Lipinski definition) is 0. The molecule has 10 heteroatoms. The lowest BCUT2D eigenvalue weighted by atomic mass is 9.92. The molecule has 0 fully saturated rings. The molecule has 0 N–H and O–H groups in total. The van der Waals surface area contributed by atoms with E-state index in [0.717, 1.165) is 52.0 Å². The molecule has 0 aliphatic carbocycles. The second-order valence-electron chi connectivity index (χ2n) is 12.5. The van der Waals surface area contributed by atoms with Crippen molar-refractivity contribution < 1.29 is 0 Å². The summed E-state index contributed by atoms with van der Waals surface area (Å²) in [7, 11) is 0. The third-order valence-electron chi connectivity index (χ3n) is 9.69. The maximum absolute atomic E-state index is 11.1. The zero-order chi connectivity index (χ0) is 38.5.